The number of nitrogens with zero attached hydrogens (tertiary/aromatic N) is 2. The van der Waals surface area contributed by atoms with Crippen LogP contribution in [0.5, 0.6) is 0 Å². The fourth-order valence-electron chi connectivity index (χ4n) is 1.46. The van der Waals surface area contributed by atoms with Crippen LogP contribution in [0, 0.1) is 0 Å². The summed E-state index contributed by atoms with van der Waals surface area (Å²) in [5.41, 5.74) is 1.00. The van der Waals surface area contributed by atoms with Crippen molar-refractivity contribution in [1.29, 1.82) is 0 Å². The van der Waals surface area contributed by atoms with Crippen molar-refractivity contribution >= 4 is 6.21 Å². The van der Waals surface area contributed by atoms with E-state index in [0.717, 1.165) is 18.7 Å². The molecule has 3 nitrogen and oxygen atoms in total. The van der Waals surface area contributed by atoms with E-state index < -0.39 is 0 Å². The second-order valence-electron chi connectivity index (χ2n) is 3.65. The molecule has 1 heterocycles. The van der Waals surface area contributed by atoms with Crippen LogP contribution in [-0.2, 0) is 0 Å². The van der Waals surface area contributed by atoms with Gasteiger partial charge in [0, 0.05) is 19.3 Å². The Kier molecular flexibility index (Phi) is 3.96. The summed E-state index contributed by atoms with van der Waals surface area (Å²) in [6.45, 7) is 7.96. The Morgan fingerprint density at radius 1 is 1.54 bits per heavy atom. The van der Waals surface area contributed by atoms with Gasteiger partial charge in [0.1, 0.15) is 0 Å². The van der Waals surface area contributed by atoms with E-state index in [4.69, 9.17) is 0 Å². The number of rotatable bonds is 3. The van der Waals surface area contributed by atoms with E-state index in [2.05, 4.69) is 22.0 Å². The average molecular weight is 181 g/mol. The highest BCUT2D eigenvalue weighted by molar-refractivity contribution is 5.76. The Balaban J connectivity index is 2.36. The van der Waals surface area contributed by atoms with Gasteiger partial charge in [0.2, 0.25) is 0 Å². The molecule has 0 aromatic rings. The molecule has 0 unspecified atom stereocenters. The predicted octanol–water partition coefficient (Wildman–Crippen LogP) is 1.23. The molecule has 0 aromatic heterocycles. The molecule has 3 heteroatoms. The number of hydrogen-bond donors (Lipinski definition) is 1. The summed E-state index contributed by atoms with van der Waals surface area (Å²) in [6, 6.07) is 0.594. The lowest BCUT2D eigenvalue weighted by Crippen LogP contribution is -2.38. The molecule has 0 atom stereocenters. The third-order valence-corrected chi connectivity index (χ3v) is 2.30. The van der Waals surface area contributed by atoms with Crippen LogP contribution < -0.4 is 5.32 Å². The lowest BCUT2D eigenvalue weighted by molar-refractivity contribution is 0.208. The van der Waals surface area contributed by atoms with E-state index >= 15 is 0 Å². The Morgan fingerprint density at radius 3 is 2.69 bits per heavy atom. The minimum atomic E-state index is 0.594. The zero-order chi connectivity index (χ0) is 9.68. The molecular formula is C10H19N3. The molecule has 0 radical (unpaired) electrons. The minimum absolute atomic E-state index is 0.594. The van der Waals surface area contributed by atoms with Gasteiger partial charge in [-0.3, -0.25) is 5.01 Å². The first-order valence-corrected chi connectivity index (χ1v) is 4.83. The Morgan fingerprint density at radius 2 is 2.15 bits per heavy atom. The van der Waals surface area contributed by atoms with Gasteiger partial charge in [-0.15, -0.1) is 0 Å². The standard InChI is InChI=1S/C10H19N3/c1-9(2)8-12-13(3)10-4-6-11-7-5-10/h8,10-11H,1,4-7H2,2-3H3/b12-8-. The summed E-state index contributed by atoms with van der Waals surface area (Å²) in [7, 11) is 2.04. The van der Waals surface area contributed by atoms with Crippen LogP contribution in [0.2, 0.25) is 0 Å². The van der Waals surface area contributed by atoms with Gasteiger partial charge in [-0.25, -0.2) is 0 Å². The largest absolute Gasteiger partial charge is 0.317 e. The van der Waals surface area contributed by atoms with Crippen LogP contribution in [0.3, 0.4) is 0 Å². The average Bonchev–Trinajstić information content (AvgIpc) is 2.15. The molecular weight excluding hydrogens is 162 g/mol. The zero-order valence-electron chi connectivity index (χ0n) is 8.58. The predicted molar refractivity (Wildman–Crippen MR) is 57.0 cm³/mol. The van der Waals surface area contributed by atoms with Crippen molar-refractivity contribution in [2.24, 2.45) is 5.10 Å². The van der Waals surface area contributed by atoms with Crippen LogP contribution in [0.4, 0.5) is 0 Å². The maximum atomic E-state index is 4.33. The fraction of sp³-hybridized carbons (Fsp3) is 0.700. The first kappa shape index (κ1) is 10.3. The molecule has 0 saturated carbocycles. The third-order valence-electron chi connectivity index (χ3n) is 2.30. The van der Waals surface area contributed by atoms with E-state index in [-0.39, 0.29) is 0 Å². The van der Waals surface area contributed by atoms with Crippen LogP contribution in [0.1, 0.15) is 19.8 Å². The van der Waals surface area contributed by atoms with Crippen LogP contribution in [0.25, 0.3) is 0 Å². The number of piperidine rings is 1. The van der Waals surface area contributed by atoms with Crippen LogP contribution >= 0.6 is 0 Å². The van der Waals surface area contributed by atoms with Gasteiger partial charge in [-0.2, -0.15) is 5.10 Å². The van der Waals surface area contributed by atoms with E-state index in [1.165, 1.54) is 12.8 Å². The molecule has 0 bridgehead atoms. The molecule has 0 aliphatic carbocycles. The molecule has 74 valence electrons. The van der Waals surface area contributed by atoms with E-state index in [9.17, 15) is 0 Å². The lowest BCUT2D eigenvalue weighted by Gasteiger charge is -2.29. The summed E-state index contributed by atoms with van der Waals surface area (Å²) in [6.07, 6.45) is 4.19. The van der Waals surface area contributed by atoms with Gasteiger partial charge < -0.3 is 5.32 Å². The van der Waals surface area contributed by atoms with Crippen molar-refractivity contribution < 1.29 is 0 Å². The first-order chi connectivity index (χ1) is 6.20. The monoisotopic (exact) mass is 181 g/mol. The van der Waals surface area contributed by atoms with Crippen molar-refractivity contribution in [3.8, 4) is 0 Å². The minimum Gasteiger partial charge on any atom is -0.317 e. The van der Waals surface area contributed by atoms with Crippen LogP contribution in [-0.4, -0.2) is 37.4 Å². The molecule has 1 fully saturated rings. The van der Waals surface area contributed by atoms with Crippen molar-refractivity contribution in [3.63, 3.8) is 0 Å². The topological polar surface area (TPSA) is 27.6 Å². The van der Waals surface area contributed by atoms with E-state index in [0.29, 0.717) is 6.04 Å². The molecule has 1 saturated heterocycles. The second kappa shape index (κ2) is 5.02. The van der Waals surface area contributed by atoms with Crippen molar-refractivity contribution in [2.45, 2.75) is 25.8 Å². The number of hydrogen-bond acceptors (Lipinski definition) is 3. The number of hydrazone groups is 1. The summed E-state index contributed by atoms with van der Waals surface area (Å²) < 4.78 is 0. The smallest absolute Gasteiger partial charge is 0.0493 e. The molecule has 1 rings (SSSR count). The summed E-state index contributed by atoms with van der Waals surface area (Å²) in [5.74, 6) is 0. The highest BCUT2D eigenvalue weighted by Gasteiger charge is 2.15. The Hall–Kier alpha value is -0.830. The molecule has 0 spiro atoms. The van der Waals surface area contributed by atoms with Crippen molar-refractivity contribution in [3.05, 3.63) is 12.2 Å². The zero-order valence-corrected chi connectivity index (χ0v) is 8.58. The van der Waals surface area contributed by atoms with Gasteiger partial charge in [0.25, 0.3) is 0 Å². The molecule has 0 aromatic carbocycles. The molecule has 1 N–H and O–H groups in total. The summed E-state index contributed by atoms with van der Waals surface area (Å²) in [4.78, 5) is 0. The molecule has 13 heavy (non-hydrogen) atoms. The Labute approximate surface area is 80.5 Å². The maximum absolute atomic E-state index is 4.33. The highest BCUT2D eigenvalue weighted by atomic mass is 15.4. The highest BCUT2D eigenvalue weighted by Crippen LogP contribution is 2.09. The van der Waals surface area contributed by atoms with Gasteiger partial charge in [-0.05, 0) is 38.4 Å². The quantitative estimate of drug-likeness (QED) is 0.524. The first-order valence-electron chi connectivity index (χ1n) is 4.83. The Bertz CT molecular complexity index is 192. The second-order valence-corrected chi connectivity index (χ2v) is 3.65. The normalized spacial score (nSPS) is 19.2. The van der Waals surface area contributed by atoms with Crippen molar-refractivity contribution in [1.82, 2.24) is 10.3 Å². The molecule has 1 aliphatic rings. The fourth-order valence-corrected chi connectivity index (χ4v) is 1.46. The van der Waals surface area contributed by atoms with Gasteiger partial charge in [-0.1, -0.05) is 6.58 Å². The van der Waals surface area contributed by atoms with Gasteiger partial charge in [0.15, 0.2) is 0 Å². The maximum Gasteiger partial charge on any atom is 0.0493 e. The van der Waals surface area contributed by atoms with Gasteiger partial charge in [0.05, 0.1) is 0 Å². The molecule has 1 aliphatic heterocycles. The SMILES string of the molecule is C=C(C)/C=N\N(C)C1CCNCC1. The van der Waals surface area contributed by atoms with Crippen LogP contribution in [0.15, 0.2) is 17.3 Å². The summed E-state index contributed by atoms with van der Waals surface area (Å²) in [5, 5.41) is 9.72. The van der Waals surface area contributed by atoms with Gasteiger partial charge >= 0.3 is 0 Å². The van der Waals surface area contributed by atoms with E-state index in [1.807, 2.05) is 20.2 Å². The van der Waals surface area contributed by atoms with E-state index in [1.54, 1.807) is 0 Å². The third kappa shape index (κ3) is 3.59. The summed E-state index contributed by atoms with van der Waals surface area (Å²) >= 11 is 0. The lowest BCUT2D eigenvalue weighted by atomic mass is 10.1. The number of nitrogens with one attached hydrogen (secondary N) is 1. The number of allylic oxidation sites excluding steroid dienone is 1. The van der Waals surface area contributed by atoms with Crippen molar-refractivity contribution in [2.75, 3.05) is 20.1 Å². The molecule has 0 amide bonds.